The van der Waals surface area contributed by atoms with Crippen LogP contribution in [0.25, 0.3) is 11.4 Å². The monoisotopic (exact) mass is 455 g/mol. The minimum atomic E-state index is -1.81. The van der Waals surface area contributed by atoms with E-state index in [0.717, 1.165) is 67.5 Å². The average molecular weight is 456 g/mol. The van der Waals surface area contributed by atoms with Crippen molar-refractivity contribution >= 4 is 8.32 Å². The topological polar surface area (TPSA) is 56.7 Å². The number of hydrogen-bond donors (Lipinski definition) is 0. The van der Waals surface area contributed by atoms with E-state index in [9.17, 15) is 0 Å². The molecule has 32 heavy (non-hydrogen) atoms. The van der Waals surface area contributed by atoms with Crippen LogP contribution in [0.4, 0.5) is 0 Å². The molecule has 3 heterocycles. The van der Waals surface area contributed by atoms with Crippen molar-refractivity contribution in [3.63, 3.8) is 0 Å². The van der Waals surface area contributed by atoms with Crippen molar-refractivity contribution in [2.75, 3.05) is 39.5 Å². The summed E-state index contributed by atoms with van der Waals surface area (Å²) >= 11 is 0. The summed E-state index contributed by atoms with van der Waals surface area (Å²) in [6.45, 7) is 17.6. The van der Waals surface area contributed by atoms with Gasteiger partial charge in [0.1, 0.15) is 12.4 Å². The summed E-state index contributed by atoms with van der Waals surface area (Å²) in [5, 5.41) is 0.181. The number of hydrogen-bond acceptors (Lipinski definition) is 6. The number of likely N-dealkylation sites (tertiary alicyclic amines) is 1. The minimum absolute atomic E-state index is 0.181. The van der Waals surface area contributed by atoms with Gasteiger partial charge in [0.25, 0.3) is 0 Å². The largest absolute Gasteiger partial charge is 0.492 e. The molecule has 0 N–H and O–H groups in total. The highest BCUT2D eigenvalue weighted by Gasteiger charge is 2.37. The van der Waals surface area contributed by atoms with Crippen molar-refractivity contribution in [3.05, 3.63) is 42.2 Å². The first-order chi connectivity index (χ1) is 15.2. The molecule has 0 spiro atoms. The summed E-state index contributed by atoms with van der Waals surface area (Å²) < 4.78 is 17.9. The molecule has 0 amide bonds. The summed E-state index contributed by atoms with van der Waals surface area (Å²) in [4.78, 5) is 11.7. The lowest BCUT2D eigenvalue weighted by molar-refractivity contribution is 0.147. The molecule has 2 atom stereocenters. The second-order valence-electron chi connectivity index (χ2n) is 10.6. The zero-order valence-corrected chi connectivity index (χ0v) is 21.1. The molecule has 174 valence electrons. The Hall–Kier alpha value is -1.80. The zero-order valence-electron chi connectivity index (χ0n) is 20.1. The molecule has 2 saturated heterocycles. The van der Waals surface area contributed by atoms with Gasteiger partial charge in [-0.1, -0.05) is 20.8 Å². The van der Waals surface area contributed by atoms with Crippen molar-refractivity contribution in [1.29, 1.82) is 0 Å². The van der Waals surface area contributed by atoms with Gasteiger partial charge in [-0.2, -0.15) is 0 Å². The molecule has 4 rings (SSSR count). The van der Waals surface area contributed by atoms with Crippen LogP contribution in [0.3, 0.4) is 0 Å². The maximum Gasteiger partial charge on any atom is 0.192 e. The van der Waals surface area contributed by atoms with Crippen LogP contribution in [0.15, 0.2) is 36.5 Å². The van der Waals surface area contributed by atoms with Crippen molar-refractivity contribution < 1.29 is 13.9 Å². The average Bonchev–Trinajstić information content (AvgIpc) is 3.34. The Kier molecular flexibility index (Phi) is 7.00. The van der Waals surface area contributed by atoms with Gasteiger partial charge >= 0.3 is 0 Å². The van der Waals surface area contributed by atoms with Crippen LogP contribution in [0.5, 0.6) is 5.75 Å². The third kappa shape index (κ3) is 5.57. The van der Waals surface area contributed by atoms with Crippen LogP contribution in [0.2, 0.25) is 18.1 Å². The Morgan fingerprint density at radius 1 is 1.06 bits per heavy atom. The highest BCUT2D eigenvalue weighted by Crippen LogP contribution is 2.37. The van der Waals surface area contributed by atoms with Gasteiger partial charge in [0, 0.05) is 43.2 Å². The summed E-state index contributed by atoms with van der Waals surface area (Å²) in [6.07, 6.45) is 1.81. The number of nitrogens with zero attached hydrogens (tertiary/aromatic N) is 3. The van der Waals surface area contributed by atoms with Gasteiger partial charge in [0.15, 0.2) is 14.1 Å². The fraction of sp³-hybridized carbons (Fsp3) is 0.600. The van der Waals surface area contributed by atoms with Gasteiger partial charge in [0.05, 0.1) is 25.5 Å². The maximum absolute atomic E-state index is 6.32. The Morgan fingerprint density at radius 3 is 2.41 bits per heavy atom. The first-order valence-corrected chi connectivity index (χ1v) is 14.6. The van der Waals surface area contributed by atoms with E-state index in [2.05, 4.69) is 43.7 Å². The van der Waals surface area contributed by atoms with E-state index in [1.807, 2.05) is 36.5 Å². The van der Waals surface area contributed by atoms with E-state index >= 15 is 0 Å². The highest BCUT2D eigenvalue weighted by atomic mass is 28.4. The van der Waals surface area contributed by atoms with E-state index < -0.39 is 8.32 Å². The Balaban J connectivity index is 1.28. The lowest BCUT2D eigenvalue weighted by atomic mass is 10.0. The third-order valence-corrected chi connectivity index (χ3v) is 11.7. The molecule has 1 aromatic heterocycles. The smallest absolute Gasteiger partial charge is 0.192 e. The van der Waals surface area contributed by atoms with E-state index in [1.165, 1.54) is 0 Å². The SMILES string of the molecule is CC(C)(C)[Si](C)(C)OCc1ccnc(-c2ccc(OCCN3C[C@H]4COC[C@H]4C3)cc2)n1. The second kappa shape index (κ2) is 9.59. The highest BCUT2D eigenvalue weighted by molar-refractivity contribution is 6.74. The van der Waals surface area contributed by atoms with Crippen LogP contribution in [0.1, 0.15) is 26.5 Å². The van der Waals surface area contributed by atoms with Crippen LogP contribution in [0, 0.1) is 11.8 Å². The van der Waals surface area contributed by atoms with Gasteiger partial charge in [-0.25, -0.2) is 9.97 Å². The molecular weight excluding hydrogens is 418 g/mol. The van der Waals surface area contributed by atoms with Crippen LogP contribution < -0.4 is 4.74 Å². The fourth-order valence-electron chi connectivity index (χ4n) is 4.05. The summed E-state index contributed by atoms with van der Waals surface area (Å²) in [5.74, 6) is 3.04. The molecule has 0 unspecified atom stereocenters. The molecule has 1 aromatic carbocycles. The number of benzene rings is 1. The zero-order chi connectivity index (χ0) is 22.8. The lowest BCUT2D eigenvalue weighted by Gasteiger charge is -2.36. The number of aromatic nitrogens is 2. The number of fused-ring (bicyclic) bond motifs is 1. The molecule has 2 aliphatic rings. The quantitative estimate of drug-likeness (QED) is 0.541. The molecular formula is C25H37N3O3Si. The van der Waals surface area contributed by atoms with Crippen molar-refractivity contribution in [2.45, 2.75) is 45.5 Å². The van der Waals surface area contributed by atoms with Gasteiger partial charge in [-0.05, 0) is 48.5 Å². The van der Waals surface area contributed by atoms with E-state index in [-0.39, 0.29) is 5.04 Å². The summed E-state index contributed by atoms with van der Waals surface area (Å²) in [6, 6.07) is 10.0. The van der Waals surface area contributed by atoms with Crippen molar-refractivity contribution in [1.82, 2.24) is 14.9 Å². The number of rotatable bonds is 8. The number of ether oxygens (including phenoxy) is 2. The standard InChI is InChI=1S/C25H37N3O3Si/c1-25(2,3)32(4,5)31-18-22-10-11-26-24(27-22)19-6-8-23(9-7-19)30-13-12-28-14-20-16-29-17-21(20)15-28/h6-11,20-21H,12-18H2,1-5H3/t20-,21+. The first-order valence-electron chi connectivity index (χ1n) is 11.7. The van der Waals surface area contributed by atoms with E-state index in [4.69, 9.17) is 18.9 Å². The molecule has 7 heteroatoms. The predicted octanol–water partition coefficient (Wildman–Crippen LogP) is 4.62. The van der Waals surface area contributed by atoms with Gasteiger partial charge in [-0.3, -0.25) is 4.90 Å². The molecule has 2 aliphatic heterocycles. The van der Waals surface area contributed by atoms with Gasteiger partial charge < -0.3 is 13.9 Å². The van der Waals surface area contributed by atoms with Gasteiger partial charge in [0.2, 0.25) is 0 Å². The minimum Gasteiger partial charge on any atom is -0.492 e. The van der Waals surface area contributed by atoms with Crippen LogP contribution >= 0.6 is 0 Å². The Bertz CT molecular complexity index is 886. The molecule has 0 saturated carbocycles. The lowest BCUT2D eigenvalue weighted by Crippen LogP contribution is -2.40. The molecule has 2 fully saturated rings. The predicted molar refractivity (Wildman–Crippen MR) is 129 cm³/mol. The Labute approximate surface area is 193 Å². The van der Waals surface area contributed by atoms with Gasteiger partial charge in [-0.15, -0.1) is 0 Å². The first kappa shape index (κ1) is 23.4. The van der Waals surface area contributed by atoms with E-state index in [0.29, 0.717) is 13.2 Å². The molecule has 2 aromatic rings. The fourth-order valence-corrected chi connectivity index (χ4v) is 4.99. The summed E-state index contributed by atoms with van der Waals surface area (Å²) in [7, 11) is -1.81. The molecule has 0 aliphatic carbocycles. The van der Waals surface area contributed by atoms with Crippen molar-refractivity contribution in [3.8, 4) is 17.1 Å². The second-order valence-corrected chi connectivity index (χ2v) is 15.4. The Morgan fingerprint density at radius 2 is 1.75 bits per heavy atom. The maximum atomic E-state index is 6.32. The molecule has 0 radical (unpaired) electrons. The van der Waals surface area contributed by atoms with Crippen LogP contribution in [-0.4, -0.2) is 62.6 Å². The van der Waals surface area contributed by atoms with Crippen LogP contribution in [-0.2, 0) is 15.8 Å². The van der Waals surface area contributed by atoms with Crippen molar-refractivity contribution in [2.24, 2.45) is 11.8 Å². The third-order valence-electron chi connectivity index (χ3n) is 7.21. The van der Waals surface area contributed by atoms with E-state index in [1.54, 1.807) is 0 Å². The summed E-state index contributed by atoms with van der Waals surface area (Å²) in [5.41, 5.74) is 1.90. The molecule has 6 nitrogen and oxygen atoms in total. The molecule has 0 bridgehead atoms. The normalized spacial score (nSPS) is 21.7.